The molecule has 0 saturated carbocycles. The Balaban J connectivity index is 2.92. The van der Waals surface area contributed by atoms with E-state index in [4.69, 9.17) is 5.73 Å². The molecule has 3 heteroatoms. The summed E-state index contributed by atoms with van der Waals surface area (Å²) < 4.78 is 1.18. The van der Waals surface area contributed by atoms with Crippen LogP contribution in [-0.4, -0.2) is 19.1 Å². The van der Waals surface area contributed by atoms with E-state index in [0.29, 0.717) is 12.6 Å². The molecule has 0 saturated heterocycles. The highest BCUT2D eigenvalue weighted by molar-refractivity contribution is 9.10. The fourth-order valence-corrected chi connectivity index (χ4v) is 2.79. The Morgan fingerprint density at radius 3 is 2.58 bits per heavy atom. The van der Waals surface area contributed by atoms with Crippen LogP contribution in [0, 0.1) is 0 Å². The van der Waals surface area contributed by atoms with E-state index in [1.807, 2.05) is 0 Å². The summed E-state index contributed by atoms with van der Waals surface area (Å²) in [6, 6.07) is 7.26. The largest absolute Gasteiger partial charge is 0.369 e. The minimum Gasteiger partial charge on any atom is -0.369 e. The lowest BCUT2D eigenvalue weighted by molar-refractivity contribution is 0.595. The van der Waals surface area contributed by atoms with Crippen molar-refractivity contribution in [1.82, 2.24) is 0 Å². The van der Waals surface area contributed by atoms with E-state index in [0.717, 1.165) is 13.0 Å². The van der Waals surface area contributed by atoms with Gasteiger partial charge in [-0.25, -0.2) is 0 Å². The predicted molar refractivity (Wildman–Crippen MR) is 88.9 cm³/mol. The van der Waals surface area contributed by atoms with E-state index in [1.165, 1.54) is 35.0 Å². The van der Waals surface area contributed by atoms with E-state index < -0.39 is 0 Å². The molecule has 0 amide bonds. The molecule has 0 aliphatic heterocycles. The second-order valence-electron chi connectivity index (χ2n) is 5.12. The molecule has 0 aromatic heterocycles. The molecule has 2 nitrogen and oxygen atoms in total. The monoisotopic (exact) mass is 326 g/mol. The average Bonchev–Trinajstić information content (AvgIpc) is 2.41. The maximum atomic E-state index is 5.63. The fourth-order valence-electron chi connectivity index (χ4n) is 2.23. The Bertz CT molecular complexity index is 379. The molecule has 0 fully saturated rings. The maximum absolute atomic E-state index is 5.63. The summed E-state index contributed by atoms with van der Waals surface area (Å²) in [7, 11) is 0. The number of unbranched alkanes of at least 4 members (excludes halogenated alkanes) is 1. The summed E-state index contributed by atoms with van der Waals surface area (Å²) in [6.45, 7) is 8.63. The molecule has 0 aliphatic carbocycles. The number of rotatable bonds is 8. The van der Waals surface area contributed by atoms with Crippen molar-refractivity contribution in [2.75, 3.05) is 18.0 Å². The van der Waals surface area contributed by atoms with Gasteiger partial charge in [-0.15, -0.1) is 0 Å². The van der Waals surface area contributed by atoms with E-state index in [9.17, 15) is 0 Å². The summed E-state index contributed by atoms with van der Waals surface area (Å²) in [6.07, 6.45) is 4.58. The van der Waals surface area contributed by atoms with E-state index >= 15 is 0 Å². The highest BCUT2D eigenvalue weighted by atomic mass is 79.9. The summed E-state index contributed by atoms with van der Waals surface area (Å²) in [5.41, 5.74) is 8.24. The first-order valence-electron chi connectivity index (χ1n) is 7.39. The highest BCUT2D eigenvalue weighted by Crippen LogP contribution is 2.26. The van der Waals surface area contributed by atoms with Gasteiger partial charge in [-0.3, -0.25) is 0 Å². The number of hydrogen-bond donors (Lipinski definition) is 1. The van der Waals surface area contributed by atoms with Gasteiger partial charge in [0.05, 0.1) is 0 Å². The summed E-state index contributed by atoms with van der Waals surface area (Å²) in [5.74, 6) is 0. The van der Waals surface area contributed by atoms with Gasteiger partial charge in [-0.05, 0) is 50.4 Å². The fraction of sp³-hybridized carbons (Fsp3) is 0.625. The van der Waals surface area contributed by atoms with Crippen LogP contribution in [0.15, 0.2) is 22.7 Å². The van der Waals surface area contributed by atoms with Gasteiger partial charge in [0.25, 0.3) is 0 Å². The Hall–Kier alpha value is -0.540. The lowest BCUT2D eigenvalue weighted by Gasteiger charge is -2.31. The third-order valence-electron chi connectivity index (χ3n) is 3.66. The molecule has 1 aromatic carbocycles. The molecule has 0 heterocycles. The van der Waals surface area contributed by atoms with Gasteiger partial charge in [0.15, 0.2) is 0 Å². The van der Waals surface area contributed by atoms with Crippen LogP contribution in [0.3, 0.4) is 0 Å². The van der Waals surface area contributed by atoms with Crippen molar-refractivity contribution in [2.24, 2.45) is 5.73 Å². The zero-order chi connectivity index (χ0) is 14.3. The summed E-state index contributed by atoms with van der Waals surface area (Å²) in [5, 5.41) is 0. The Labute approximate surface area is 126 Å². The van der Waals surface area contributed by atoms with Crippen LogP contribution in [-0.2, 0) is 6.42 Å². The molecular formula is C16H27BrN2. The number of hydrogen-bond acceptors (Lipinski definition) is 2. The lowest BCUT2D eigenvalue weighted by Crippen LogP contribution is -2.33. The molecule has 1 aromatic rings. The number of benzene rings is 1. The number of nitrogens with two attached hydrogens (primary N) is 1. The van der Waals surface area contributed by atoms with Gasteiger partial charge in [0.2, 0.25) is 0 Å². The first-order chi connectivity index (χ1) is 9.13. The van der Waals surface area contributed by atoms with Crippen LogP contribution in [0.2, 0.25) is 0 Å². The zero-order valence-electron chi connectivity index (χ0n) is 12.5. The molecule has 0 bridgehead atoms. The Morgan fingerprint density at radius 1 is 1.32 bits per heavy atom. The molecule has 0 spiro atoms. The second-order valence-corrected chi connectivity index (χ2v) is 5.97. The highest BCUT2D eigenvalue weighted by Gasteiger charge is 2.13. The quantitative estimate of drug-likeness (QED) is 0.769. The Kier molecular flexibility index (Phi) is 7.47. The van der Waals surface area contributed by atoms with Crippen molar-refractivity contribution in [1.29, 1.82) is 0 Å². The van der Waals surface area contributed by atoms with Crippen LogP contribution in [0.4, 0.5) is 5.69 Å². The van der Waals surface area contributed by atoms with Crippen molar-refractivity contribution < 1.29 is 0 Å². The van der Waals surface area contributed by atoms with Gasteiger partial charge >= 0.3 is 0 Å². The molecule has 19 heavy (non-hydrogen) atoms. The number of halogens is 1. The number of anilines is 1. The number of nitrogens with zero attached hydrogens (tertiary/aromatic N) is 1. The molecule has 0 aliphatic rings. The van der Waals surface area contributed by atoms with Crippen molar-refractivity contribution in [3.05, 3.63) is 28.2 Å². The Morgan fingerprint density at radius 2 is 2.05 bits per heavy atom. The minimum atomic E-state index is 0.582. The van der Waals surface area contributed by atoms with Gasteiger partial charge in [-0.2, -0.15) is 0 Å². The van der Waals surface area contributed by atoms with Crippen molar-refractivity contribution >= 4 is 21.6 Å². The van der Waals surface area contributed by atoms with Gasteiger partial charge in [-0.1, -0.05) is 42.3 Å². The summed E-state index contributed by atoms with van der Waals surface area (Å²) in [4.78, 5) is 2.51. The molecule has 1 unspecified atom stereocenters. The SMILES string of the molecule is CCCCN(c1ccc(CCN)c(Br)c1)C(C)CC. The average molecular weight is 327 g/mol. The molecular weight excluding hydrogens is 300 g/mol. The minimum absolute atomic E-state index is 0.582. The normalized spacial score (nSPS) is 12.5. The van der Waals surface area contributed by atoms with Gasteiger partial charge < -0.3 is 10.6 Å². The van der Waals surface area contributed by atoms with Gasteiger partial charge in [0.1, 0.15) is 0 Å². The first kappa shape index (κ1) is 16.5. The van der Waals surface area contributed by atoms with E-state index in [1.54, 1.807) is 0 Å². The van der Waals surface area contributed by atoms with Crippen LogP contribution in [0.1, 0.15) is 45.6 Å². The summed E-state index contributed by atoms with van der Waals surface area (Å²) >= 11 is 3.67. The standard InChI is InChI=1S/C16H27BrN2/c1-4-6-11-19(13(3)5-2)15-8-7-14(9-10-18)16(17)12-15/h7-8,12-13H,4-6,9-11,18H2,1-3H3. The van der Waals surface area contributed by atoms with Crippen LogP contribution in [0.5, 0.6) is 0 Å². The third-order valence-corrected chi connectivity index (χ3v) is 4.40. The third kappa shape index (κ3) is 4.81. The van der Waals surface area contributed by atoms with E-state index in [2.05, 4.69) is 59.8 Å². The zero-order valence-corrected chi connectivity index (χ0v) is 14.0. The van der Waals surface area contributed by atoms with Crippen LogP contribution >= 0.6 is 15.9 Å². The van der Waals surface area contributed by atoms with Crippen LogP contribution < -0.4 is 10.6 Å². The second kappa shape index (κ2) is 8.60. The van der Waals surface area contributed by atoms with Crippen molar-refractivity contribution in [2.45, 2.75) is 52.5 Å². The van der Waals surface area contributed by atoms with Crippen molar-refractivity contribution in [3.8, 4) is 0 Å². The van der Waals surface area contributed by atoms with Crippen LogP contribution in [0.25, 0.3) is 0 Å². The molecule has 108 valence electrons. The smallest absolute Gasteiger partial charge is 0.0380 e. The lowest BCUT2D eigenvalue weighted by atomic mass is 10.1. The maximum Gasteiger partial charge on any atom is 0.0380 e. The van der Waals surface area contributed by atoms with Gasteiger partial charge in [0, 0.05) is 22.7 Å². The first-order valence-corrected chi connectivity index (χ1v) is 8.18. The molecule has 1 atom stereocenters. The molecule has 1 rings (SSSR count). The molecule has 2 N–H and O–H groups in total. The van der Waals surface area contributed by atoms with Crippen molar-refractivity contribution in [3.63, 3.8) is 0 Å². The predicted octanol–water partition coefficient (Wildman–Crippen LogP) is 4.36. The van der Waals surface area contributed by atoms with E-state index in [-0.39, 0.29) is 0 Å². The molecule has 0 radical (unpaired) electrons. The topological polar surface area (TPSA) is 29.3 Å².